The molecule has 4 heterocycles. The lowest BCUT2D eigenvalue weighted by atomic mass is 10.3. The highest BCUT2D eigenvalue weighted by atomic mass is 31.0. The molecule has 16 nitrogen and oxygen atoms in total. The van der Waals surface area contributed by atoms with Crippen molar-refractivity contribution in [1.82, 2.24) is 9.49 Å². The van der Waals surface area contributed by atoms with E-state index in [1.165, 1.54) is 12.1 Å². The number of aromatic nitrogens is 2. The lowest BCUT2D eigenvalue weighted by molar-refractivity contribution is 0.0716. The van der Waals surface area contributed by atoms with Crippen molar-refractivity contribution < 1.29 is 66.5 Å². The van der Waals surface area contributed by atoms with Crippen molar-refractivity contribution in [2.24, 2.45) is 0 Å². The maximum Gasteiger partial charge on any atom is 0.362 e. The number of carbonyl (C=O) groups excluding carboxylic acids is 4. The summed E-state index contributed by atoms with van der Waals surface area (Å²) in [6.45, 7) is 3.22. The molecule has 0 radical (unpaired) electrons. The Balaban J connectivity index is 0.690. The van der Waals surface area contributed by atoms with Gasteiger partial charge < -0.3 is 47.4 Å². The molecule has 0 N–H and O–H groups in total. The monoisotopic (exact) mass is 880 g/mol. The van der Waals surface area contributed by atoms with Gasteiger partial charge in [-0.25, -0.2) is 28.7 Å². The molecule has 6 aromatic rings. The highest BCUT2D eigenvalue weighted by Gasteiger charge is 2.24. The molecular formula is C44H38N2O14P2. The molecule has 2 fully saturated rings. The fraction of sp³-hybridized carbons (Fsp3) is 0.227. The number of unbranched alkanes of at least 4 members (excludes halogenated alkanes) is 1. The molecule has 4 atom stereocenters. The van der Waals surface area contributed by atoms with E-state index in [9.17, 15) is 19.2 Å². The van der Waals surface area contributed by atoms with E-state index < -0.39 is 23.9 Å². The Bertz CT molecular complexity index is 2290. The van der Waals surface area contributed by atoms with Gasteiger partial charge in [-0.05, 0) is 139 Å². The van der Waals surface area contributed by atoms with Crippen LogP contribution in [-0.4, -0.2) is 85.2 Å². The van der Waals surface area contributed by atoms with Gasteiger partial charge in [0.05, 0.1) is 37.0 Å². The first-order valence-electron chi connectivity index (χ1n) is 19.4. The van der Waals surface area contributed by atoms with Crippen molar-refractivity contribution >= 4 is 40.6 Å². The number of ether oxygens (including phenoxy) is 10. The number of benzene rings is 4. The molecule has 2 aromatic heterocycles. The van der Waals surface area contributed by atoms with Crippen molar-refractivity contribution in [3.63, 3.8) is 0 Å². The maximum atomic E-state index is 12.7. The van der Waals surface area contributed by atoms with Gasteiger partial charge in [-0.3, -0.25) is 0 Å². The van der Waals surface area contributed by atoms with Gasteiger partial charge in [0.25, 0.3) is 0 Å². The van der Waals surface area contributed by atoms with Crippen LogP contribution in [-0.2, 0) is 9.47 Å². The second-order valence-corrected chi connectivity index (χ2v) is 15.7. The van der Waals surface area contributed by atoms with Crippen molar-refractivity contribution in [3.8, 4) is 46.0 Å². The summed E-state index contributed by atoms with van der Waals surface area (Å²) >= 11 is 0. The number of epoxide rings is 2. The van der Waals surface area contributed by atoms with E-state index in [0.717, 1.165) is 0 Å². The average molecular weight is 881 g/mol. The van der Waals surface area contributed by atoms with Crippen LogP contribution in [0.4, 0.5) is 0 Å². The topological polar surface area (TPSA) is 193 Å². The third kappa shape index (κ3) is 12.4. The summed E-state index contributed by atoms with van der Waals surface area (Å²) in [6.07, 6.45) is 1.70. The summed E-state index contributed by atoms with van der Waals surface area (Å²) < 4.78 is 63.1. The van der Waals surface area contributed by atoms with E-state index in [1.807, 2.05) is 0 Å². The van der Waals surface area contributed by atoms with E-state index in [0.29, 0.717) is 98.5 Å². The second-order valence-electron chi connectivity index (χ2n) is 13.7. The normalized spacial score (nSPS) is 15.1. The van der Waals surface area contributed by atoms with Gasteiger partial charge in [0, 0.05) is 0 Å². The summed E-state index contributed by atoms with van der Waals surface area (Å²) in [5.74, 6) is 1.16. The highest BCUT2D eigenvalue weighted by Crippen LogP contribution is 2.26. The van der Waals surface area contributed by atoms with Crippen molar-refractivity contribution in [1.29, 1.82) is 0 Å². The maximum absolute atomic E-state index is 12.7. The Hall–Kier alpha value is -6.70. The van der Waals surface area contributed by atoms with Gasteiger partial charge in [-0.1, -0.05) is 0 Å². The molecule has 2 aliphatic heterocycles. The van der Waals surface area contributed by atoms with Gasteiger partial charge in [0.15, 0.2) is 11.4 Å². The van der Waals surface area contributed by atoms with E-state index in [4.69, 9.17) is 47.4 Å². The van der Waals surface area contributed by atoms with Crippen LogP contribution in [0, 0.1) is 0 Å². The largest absolute Gasteiger partial charge is 0.494 e. The Labute approximate surface area is 357 Å². The highest BCUT2D eigenvalue weighted by molar-refractivity contribution is 7.28. The van der Waals surface area contributed by atoms with Crippen LogP contribution in [0.5, 0.6) is 46.0 Å². The molecule has 4 aromatic carbocycles. The first kappa shape index (κ1) is 42.0. The number of hydrogen-bond acceptors (Lipinski definition) is 16. The van der Waals surface area contributed by atoms with Gasteiger partial charge in [-0.15, -0.1) is 0 Å². The summed E-state index contributed by atoms with van der Waals surface area (Å²) in [6, 6.07) is 29.2. The van der Waals surface area contributed by atoms with Crippen molar-refractivity contribution in [3.05, 3.63) is 131 Å². The van der Waals surface area contributed by atoms with Crippen molar-refractivity contribution in [2.75, 3.05) is 39.6 Å². The van der Waals surface area contributed by atoms with Crippen LogP contribution in [0.25, 0.3) is 0 Å². The SMILES string of the molecule is O=C(Oc1ccc(OCC2CO2)cc1)c1cc(C(=O)Oc2ccc(OCCCCOc3ccc(OC(=O)c4cc(C(=O)Oc5ccc(OCC6CO6)cc5)[pH]n4)cc3)cc2)[pH]n1. The van der Waals surface area contributed by atoms with E-state index in [2.05, 4.69) is 9.49 Å². The van der Waals surface area contributed by atoms with E-state index in [-0.39, 0.29) is 50.9 Å². The molecule has 318 valence electrons. The van der Waals surface area contributed by atoms with Crippen LogP contribution in [0.3, 0.4) is 0 Å². The minimum atomic E-state index is -0.692. The lowest BCUT2D eigenvalue weighted by Gasteiger charge is -2.09. The fourth-order valence-corrected chi connectivity index (χ4v) is 6.89. The van der Waals surface area contributed by atoms with Crippen LogP contribution in [0.2, 0.25) is 0 Å². The summed E-state index contributed by atoms with van der Waals surface area (Å²) in [5.41, 5.74) is 0.0577. The Morgan fingerprint density at radius 3 is 1.06 bits per heavy atom. The third-order valence-corrected chi connectivity index (χ3v) is 10.8. The zero-order valence-electron chi connectivity index (χ0n) is 32.8. The molecule has 0 spiro atoms. The molecule has 0 amide bonds. The first-order valence-corrected chi connectivity index (χ1v) is 21.3. The Morgan fingerprint density at radius 2 is 0.742 bits per heavy atom. The number of nitrogens with zero attached hydrogens (tertiary/aromatic N) is 2. The summed E-state index contributed by atoms with van der Waals surface area (Å²) in [7, 11) is -0.563. The van der Waals surface area contributed by atoms with Gasteiger partial charge >= 0.3 is 23.9 Å². The van der Waals surface area contributed by atoms with Crippen molar-refractivity contribution in [2.45, 2.75) is 25.0 Å². The predicted molar refractivity (Wildman–Crippen MR) is 224 cm³/mol. The van der Waals surface area contributed by atoms with E-state index >= 15 is 0 Å². The quantitative estimate of drug-likeness (QED) is 0.0304. The Morgan fingerprint density at radius 1 is 0.452 bits per heavy atom. The van der Waals surface area contributed by atoms with Crippen LogP contribution >= 0.6 is 16.7 Å². The number of hydrogen-bond donors (Lipinski definition) is 0. The minimum absolute atomic E-state index is 0.0259. The number of rotatable bonds is 21. The summed E-state index contributed by atoms with van der Waals surface area (Å²) in [4.78, 5) is 50.7. The molecule has 0 saturated carbocycles. The first-order chi connectivity index (χ1) is 30.3. The van der Waals surface area contributed by atoms with E-state index in [1.54, 1.807) is 97.1 Å². The fourth-order valence-electron chi connectivity index (χ4n) is 5.41. The zero-order valence-corrected chi connectivity index (χ0v) is 34.8. The molecule has 0 aliphatic carbocycles. The minimum Gasteiger partial charge on any atom is -0.494 e. The average Bonchev–Trinajstić information content (AvgIpc) is 4.20. The summed E-state index contributed by atoms with van der Waals surface area (Å²) in [5, 5.41) is 0.505. The lowest BCUT2D eigenvalue weighted by Crippen LogP contribution is -2.10. The van der Waals surface area contributed by atoms with Gasteiger partial charge in [-0.2, -0.15) is 0 Å². The standard InChI is InChI=1S/C44H38N2O14P2/c47-41(37-21-40(62-45-37)44(50)60-34-17-9-30(10-18-34)54-24-36-26-56-36)57-31-11-3-27(4-12-31)51-19-1-2-20-52-28-5-13-33(14-6-28)59-43(49)39-22-38(46-61-39)42(48)58-32-15-7-29(8-16-32)53-23-35-25-55-35/h3-18,21-22,35-36,61-62H,1-2,19-20,23-26H2. The number of esters is 4. The van der Waals surface area contributed by atoms with Crippen LogP contribution < -0.4 is 37.9 Å². The molecule has 4 unspecified atom stereocenters. The molecule has 0 bridgehead atoms. The molecular weight excluding hydrogens is 842 g/mol. The molecule has 2 saturated heterocycles. The second kappa shape index (κ2) is 20.2. The molecule has 8 rings (SSSR count). The third-order valence-electron chi connectivity index (χ3n) is 8.90. The molecule has 18 heteroatoms. The smallest absolute Gasteiger partial charge is 0.362 e. The predicted octanol–water partition coefficient (Wildman–Crippen LogP) is 7.21. The van der Waals surface area contributed by atoms with Gasteiger partial charge in [0.2, 0.25) is 0 Å². The molecule has 62 heavy (non-hydrogen) atoms. The number of carbonyl (C=O) groups is 4. The zero-order chi connectivity index (χ0) is 42.7. The van der Waals surface area contributed by atoms with Gasteiger partial charge in [0.1, 0.15) is 71.4 Å². The van der Waals surface area contributed by atoms with Crippen LogP contribution in [0.1, 0.15) is 54.0 Å². The van der Waals surface area contributed by atoms with Crippen LogP contribution in [0.15, 0.2) is 109 Å². The molecule has 2 aliphatic rings. The Kier molecular flexibility index (Phi) is 13.7.